The zero-order valence-electron chi connectivity index (χ0n) is 7.61. The monoisotopic (exact) mass is 245 g/mol. The lowest BCUT2D eigenvalue weighted by Crippen LogP contribution is -2.00. The largest absolute Gasteiger partial charge is 0.385 e. The Balaban J connectivity index is 2.53. The minimum absolute atomic E-state index is 0.221. The summed E-state index contributed by atoms with van der Waals surface area (Å²) in [7, 11) is 0. The van der Waals surface area contributed by atoms with Crippen molar-refractivity contribution in [3.63, 3.8) is 0 Å². The summed E-state index contributed by atoms with van der Waals surface area (Å²) in [6, 6.07) is 4.96. The molecular weight excluding hydrogens is 233 g/mol. The molecule has 1 N–H and O–H groups in total. The van der Waals surface area contributed by atoms with Gasteiger partial charge in [-0.2, -0.15) is 0 Å². The number of anilines is 1. The number of hydrogen-bond acceptors (Lipinski definition) is 1. The van der Waals surface area contributed by atoms with Gasteiger partial charge in [-0.1, -0.05) is 13.3 Å². The fourth-order valence-corrected chi connectivity index (χ4v) is 1.39. The Hall–Kier alpha value is -0.570. The van der Waals surface area contributed by atoms with Gasteiger partial charge in [0, 0.05) is 12.2 Å². The minimum Gasteiger partial charge on any atom is -0.385 e. The lowest BCUT2D eigenvalue weighted by Gasteiger charge is -2.05. The summed E-state index contributed by atoms with van der Waals surface area (Å²) < 4.78 is 13.3. The van der Waals surface area contributed by atoms with Gasteiger partial charge in [-0.25, -0.2) is 4.39 Å². The lowest BCUT2D eigenvalue weighted by atomic mass is 10.3. The lowest BCUT2D eigenvalue weighted by molar-refractivity contribution is 0.621. The zero-order chi connectivity index (χ0) is 9.68. The summed E-state index contributed by atoms with van der Waals surface area (Å²) in [5.74, 6) is -0.221. The molecule has 1 aromatic rings. The van der Waals surface area contributed by atoms with Crippen molar-refractivity contribution >= 4 is 21.6 Å². The van der Waals surface area contributed by atoms with Gasteiger partial charge >= 0.3 is 0 Å². The molecule has 1 rings (SSSR count). The van der Waals surface area contributed by atoms with Crippen LogP contribution in [0.5, 0.6) is 0 Å². The van der Waals surface area contributed by atoms with Gasteiger partial charge in [-0.15, -0.1) is 0 Å². The summed E-state index contributed by atoms with van der Waals surface area (Å²) in [5.41, 5.74) is 0.960. The van der Waals surface area contributed by atoms with E-state index in [-0.39, 0.29) is 5.82 Å². The predicted octanol–water partition coefficient (Wildman–Crippen LogP) is 3.80. The molecule has 13 heavy (non-hydrogen) atoms. The molecule has 0 radical (unpaired) electrons. The Labute approximate surface area is 86.5 Å². The van der Waals surface area contributed by atoms with Gasteiger partial charge in [0.2, 0.25) is 0 Å². The second kappa shape index (κ2) is 5.22. The Morgan fingerprint density at radius 1 is 1.46 bits per heavy atom. The van der Waals surface area contributed by atoms with Gasteiger partial charge in [0.25, 0.3) is 0 Å². The summed E-state index contributed by atoms with van der Waals surface area (Å²) >= 11 is 3.14. The third-order valence-electron chi connectivity index (χ3n) is 1.78. The third kappa shape index (κ3) is 3.35. The van der Waals surface area contributed by atoms with Crippen LogP contribution in [0.25, 0.3) is 0 Å². The first-order chi connectivity index (χ1) is 6.24. The van der Waals surface area contributed by atoms with Crippen molar-refractivity contribution in [2.45, 2.75) is 19.8 Å². The maximum atomic E-state index is 12.8. The van der Waals surface area contributed by atoms with Crippen molar-refractivity contribution in [1.29, 1.82) is 0 Å². The van der Waals surface area contributed by atoms with Crippen LogP contribution in [0.15, 0.2) is 22.7 Å². The molecule has 0 bridgehead atoms. The average Bonchev–Trinajstić information content (AvgIpc) is 2.12. The van der Waals surface area contributed by atoms with Crippen molar-refractivity contribution in [3.8, 4) is 0 Å². The topological polar surface area (TPSA) is 12.0 Å². The maximum absolute atomic E-state index is 12.8. The molecule has 1 aromatic carbocycles. The highest BCUT2D eigenvalue weighted by molar-refractivity contribution is 9.10. The molecular formula is C10H13BrFN. The van der Waals surface area contributed by atoms with Gasteiger partial charge in [-0.3, -0.25) is 0 Å². The fourth-order valence-electron chi connectivity index (χ4n) is 1.02. The van der Waals surface area contributed by atoms with E-state index in [2.05, 4.69) is 28.2 Å². The van der Waals surface area contributed by atoms with Gasteiger partial charge < -0.3 is 5.32 Å². The third-order valence-corrected chi connectivity index (χ3v) is 2.39. The molecule has 0 saturated carbocycles. The Morgan fingerprint density at radius 3 is 2.85 bits per heavy atom. The molecule has 3 heteroatoms. The van der Waals surface area contributed by atoms with E-state index < -0.39 is 0 Å². The zero-order valence-corrected chi connectivity index (χ0v) is 9.20. The Bertz CT molecular complexity index is 276. The number of benzene rings is 1. The van der Waals surface area contributed by atoms with Crippen LogP contribution in [0.3, 0.4) is 0 Å². The van der Waals surface area contributed by atoms with Crippen LogP contribution in [0.4, 0.5) is 10.1 Å². The number of rotatable bonds is 4. The molecule has 0 fully saturated rings. The second-order valence-electron chi connectivity index (χ2n) is 2.91. The first-order valence-electron chi connectivity index (χ1n) is 4.43. The van der Waals surface area contributed by atoms with Gasteiger partial charge in [-0.05, 0) is 40.5 Å². The summed E-state index contributed by atoms with van der Waals surface area (Å²) in [6.07, 6.45) is 2.30. The van der Waals surface area contributed by atoms with E-state index in [1.807, 2.05) is 0 Å². The molecule has 0 amide bonds. The Morgan fingerprint density at radius 2 is 2.23 bits per heavy atom. The highest BCUT2D eigenvalue weighted by Gasteiger charge is 1.98. The van der Waals surface area contributed by atoms with E-state index in [0.29, 0.717) is 4.47 Å². The van der Waals surface area contributed by atoms with Crippen LogP contribution in [0.1, 0.15) is 19.8 Å². The van der Waals surface area contributed by atoms with Crippen LogP contribution in [0.2, 0.25) is 0 Å². The molecule has 0 aliphatic carbocycles. The van der Waals surface area contributed by atoms with Crippen LogP contribution < -0.4 is 5.32 Å². The van der Waals surface area contributed by atoms with Crippen molar-refractivity contribution in [1.82, 2.24) is 0 Å². The first kappa shape index (κ1) is 10.5. The van der Waals surface area contributed by atoms with Crippen molar-refractivity contribution in [2.75, 3.05) is 11.9 Å². The van der Waals surface area contributed by atoms with Crippen molar-refractivity contribution in [2.24, 2.45) is 0 Å². The second-order valence-corrected chi connectivity index (χ2v) is 3.76. The molecule has 0 spiro atoms. The molecule has 1 nitrogen and oxygen atoms in total. The van der Waals surface area contributed by atoms with E-state index in [1.54, 1.807) is 12.1 Å². The predicted molar refractivity (Wildman–Crippen MR) is 57.5 cm³/mol. The minimum atomic E-state index is -0.221. The van der Waals surface area contributed by atoms with Gasteiger partial charge in [0.15, 0.2) is 0 Å². The van der Waals surface area contributed by atoms with Crippen molar-refractivity contribution < 1.29 is 4.39 Å². The number of hydrogen-bond donors (Lipinski definition) is 1. The molecule has 0 atom stereocenters. The van der Waals surface area contributed by atoms with E-state index in [9.17, 15) is 4.39 Å². The number of unbranched alkanes of at least 4 members (excludes halogenated alkanes) is 1. The number of halogens is 2. The number of nitrogens with one attached hydrogen (secondary N) is 1. The average molecular weight is 246 g/mol. The van der Waals surface area contributed by atoms with Gasteiger partial charge in [0.1, 0.15) is 5.82 Å². The van der Waals surface area contributed by atoms with Crippen LogP contribution >= 0.6 is 15.9 Å². The fraction of sp³-hybridized carbons (Fsp3) is 0.400. The van der Waals surface area contributed by atoms with E-state index in [4.69, 9.17) is 0 Å². The van der Waals surface area contributed by atoms with Crippen LogP contribution in [0, 0.1) is 5.82 Å². The molecule has 0 aliphatic rings. The smallest absolute Gasteiger partial charge is 0.137 e. The molecule has 0 heterocycles. The maximum Gasteiger partial charge on any atom is 0.137 e. The first-order valence-corrected chi connectivity index (χ1v) is 5.22. The molecule has 0 aliphatic heterocycles. The quantitative estimate of drug-likeness (QED) is 0.796. The van der Waals surface area contributed by atoms with E-state index in [1.165, 1.54) is 6.07 Å². The normalized spacial score (nSPS) is 10.1. The standard InChI is InChI=1S/C10H13BrFN/c1-2-3-6-13-8-4-5-10(12)9(11)7-8/h4-5,7,13H,2-3,6H2,1H3. The summed E-state index contributed by atoms with van der Waals surface area (Å²) in [6.45, 7) is 3.08. The molecule has 0 saturated heterocycles. The molecule has 0 aromatic heterocycles. The van der Waals surface area contributed by atoms with E-state index >= 15 is 0 Å². The highest BCUT2D eigenvalue weighted by atomic mass is 79.9. The Kier molecular flexibility index (Phi) is 4.22. The van der Waals surface area contributed by atoms with Gasteiger partial charge in [0.05, 0.1) is 4.47 Å². The summed E-state index contributed by atoms with van der Waals surface area (Å²) in [4.78, 5) is 0. The van der Waals surface area contributed by atoms with E-state index in [0.717, 1.165) is 25.1 Å². The van der Waals surface area contributed by atoms with Crippen LogP contribution in [-0.4, -0.2) is 6.54 Å². The SMILES string of the molecule is CCCCNc1ccc(F)c(Br)c1. The van der Waals surface area contributed by atoms with Crippen LogP contribution in [-0.2, 0) is 0 Å². The highest BCUT2D eigenvalue weighted by Crippen LogP contribution is 2.19. The van der Waals surface area contributed by atoms with Crippen molar-refractivity contribution in [3.05, 3.63) is 28.5 Å². The summed E-state index contributed by atoms with van der Waals surface area (Å²) in [5, 5.41) is 3.22. The molecule has 0 unspecified atom stereocenters. The molecule has 72 valence electrons.